The maximum atomic E-state index is 9.89. The van der Waals surface area contributed by atoms with Crippen molar-refractivity contribution in [2.75, 3.05) is 0 Å². The van der Waals surface area contributed by atoms with Crippen molar-refractivity contribution in [1.82, 2.24) is 0 Å². The molecule has 3 atom stereocenters. The lowest BCUT2D eigenvalue weighted by Gasteiger charge is -2.40. The Balaban J connectivity index is 2.23. The maximum Gasteiger partial charge on any atom is 0.0596 e. The van der Waals surface area contributed by atoms with Crippen LogP contribution in [0.15, 0.2) is 0 Å². The first kappa shape index (κ1) is 8.55. The standard InChI is InChI=1S/C11H20O/c1-10(2)4-5-11(3)7-8(10)6-9(11)12/h8-9,12H,4-7H2,1-3H3. The highest BCUT2D eigenvalue weighted by Crippen LogP contribution is 2.58. The third-order valence-corrected chi connectivity index (χ3v) is 4.47. The molecule has 0 aromatic carbocycles. The zero-order valence-corrected chi connectivity index (χ0v) is 8.43. The second-order valence-corrected chi connectivity index (χ2v) is 5.80. The number of fused-ring (bicyclic) bond motifs is 2. The first-order valence-electron chi connectivity index (χ1n) is 5.12. The van der Waals surface area contributed by atoms with Crippen LogP contribution in [0, 0.1) is 16.7 Å². The molecule has 0 aliphatic heterocycles. The van der Waals surface area contributed by atoms with Crippen molar-refractivity contribution >= 4 is 0 Å². The third kappa shape index (κ3) is 1.02. The summed E-state index contributed by atoms with van der Waals surface area (Å²) in [5.41, 5.74) is 0.747. The van der Waals surface area contributed by atoms with Crippen LogP contribution in [-0.4, -0.2) is 11.2 Å². The number of rotatable bonds is 0. The summed E-state index contributed by atoms with van der Waals surface area (Å²) < 4.78 is 0. The van der Waals surface area contributed by atoms with Gasteiger partial charge < -0.3 is 5.11 Å². The highest BCUT2D eigenvalue weighted by molar-refractivity contribution is 5.02. The second kappa shape index (κ2) is 2.25. The zero-order chi connectivity index (χ0) is 8.98. The minimum absolute atomic E-state index is 0.0238. The number of aliphatic hydroxyl groups excluding tert-OH is 1. The van der Waals surface area contributed by atoms with Crippen LogP contribution in [0.25, 0.3) is 0 Å². The van der Waals surface area contributed by atoms with Crippen LogP contribution in [0.2, 0.25) is 0 Å². The van der Waals surface area contributed by atoms with Crippen molar-refractivity contribution in [2.45, 2.75) is 52.6 Å². The molecule has 3 unspecified atom stereocenters. The highest BCUT2D eigenvalue weighted by Gasteiger charge is 2.51. The minimum atomic E-state index is -0.0238. The molecule has 1 N–H and O–H groups in total. The largest absolute Gasteiger partial charge is 0.393 e. The van der Waals surface area contributed by atoms with Gasteiger partial charge in [0.2, 0.25) is 0 Å². The SMILES string of the molecule is CC1(C)CCC2(C)CC1CC2O. The van der Waals surface area contributed by atoms with Gasteiger partial charge in [-0.25, -0.2) is 0 Å². The lowest BCUT2D eigenvalue weighted by atomic mass is 9.65. The molecule has 0 saturated heterocycles. The average Bonchev–Trinajstić information content (AvgIpc) is 2.22. The van der Waals surface area contributed by atoms with E-state index in [4.69, 9.17) is 0 Å². The van der Waals surface area contributed by atoms with Gasteiger partial charge in [-0.15, -0.1) is 0 Å². The van der Waals surface area contributed by atoms with Gasteiger partial charge in [-0.3, -0.25) is 0 Å². The molecule has 2 rings (SSSR count). The smallest absolute Gasteiger partial charge is 0.0596 e. The summed E-state index contributed by atoms with van der Waals surface area (Å²) in [7, 11) is 0. The maximum absolute atomic E-state index is 9.89. The Bertz CT molecular complexity index is 197. The molecule has 0 spiro atoms. The van der Waals surface area contributed by atoms with Crippen LogP contribution in [0.5, 0.6) is 0 Å². The first-order valence-corrected chi connectivity index (χ1v) is 5.12. The van der Waals surface area contributed by atoms with Crippen molar-refractivity contribution in [3.63, 3.8) is 0 Å². The third-order valence-electron chi connectivity index (χ3n) is 4.47. The fourth-order valence-electron chi connectivity index (χ4n) is 3.01. The highest BCUT2D eigenvalue weighted by atomic mass is 16.3. The molecule has 0 aromatic heterocycles. The Labute approximate surface area is 75.2 Å². The number of aliphatic hydroxyl groups is 1. The summed E-state index contributed by atoms with van der Waals surface area (Å²) >= 11 is 0. The van der Waals surface area contributed by atoms with Gasteiger partial charge in [-0.1, -0.05) is 20.8 Å². The van der Waals surface area contributed by atoms with E-state index in [1.807, 2.05) is 0 Å². The normalized spacial score (nSPS) is 51.0. The molecule has 2 saturated carbocycles. The van der Waals surface area contributed by atoms with Gasteiger partial charge in [-0.05, 0) is 42.4 Å². The molecular formula is C11H20O. The molecule has 2 aliphatic rings. The summed E-state index contributed by atoms with van der Waals surface area (Å²) in [4.78, 5) is 0. The quantitative estimate of drug-likeness (QED) is 0.589. The molecule has 0 radical (unpaired) electrons. The van der Waals surface area contributed by atoms with Crippen LogP contribution in [0.4, 0.5) is 0 Å². The topological polar surface area (TPSA) is 20.2 Å². The van der Waals surface area contributed by atoms with E-state index >= 15 is 0 Å². The van der Waals surface area contributed by atoms with Gasteiger partial charge in [-0.2, -0.15) is 0 Å². The number of hydrogen-bond donors (Lipinski definition) is 1. The summed E-state index contributed by atoms with van der Waals surface area (Å²) in [6, 6.07) is 0. The first-order chi connectivity index (χ1) is 5.44. The van der Waals surface area contributed by atoms with Crippen LogP contribution in [-0.2, 0) is 0 Å². The molecule has 12 heavy (non-hydrogen) atoms. The molecule has 70 valence electrons. The van der Waals surface area contributed by atoms with E-state index in [1.54, 1.807) is 0 Å². The number of hydrogen-bond acceptors (Lipinski definition) is 1. The monoisotopic (exact) mass is 168 g/mol. The average molecular weight is 168 g/mol. The Morgan fingerprint density at radius 1 is 1.17 bits per heavy atom. The van der Waals surface area contributed by atoms with E-state index in [2.05, 4.69) is 20.8 Å². The molecule has 2 fully saturated rings. The Kier molecular flexibility index (Phi) is 1.61. The van der Waals surface area contributed by atoms with Gasteiger partial charge in [0.25, 0.3) is 0 Å². The van der Waals surface area contributed by atoms with Crippen molar-refractivity contribution < 1.29 is 5.11 Å². The lowest BCUT2D eigenvalue weighted by Crippen LogP contribution is -2.32. The lowest BCUT2D eigenvalue weighted by molar-refractivity contribution is 0.0414. The predicted molar refractivity (Wildman–Crippen MR) is 49.9 cm³/mol. The van der Waals surface area contributed by atoms with Crippen molar-refractivity contribution in [3.05, 3.63) is 0 Å². The van der Waals surface area contributed by atoms with Crippen molar-refractivity contribution in [3.8, 4) is 0 Å². The van der Waals surface area contributed by atoms with Gasteiger partial charge in [0.1, 0.15) is 0 Å². The minimum Gasteiger partial charge on any atom is -0.393 e. The van der Waals surface area contributed by atoms with Crippen molar-refractivity contribution in [1.29, 1.82) is 0 Å². The fraction of sp³-hybridized carbons (Fsp3) is 1.00. The van der Waals surface area contributed by atoms with E-state index in [9.17, 15) is 5.11 Å². The van der Waals surface area contributed by atoms with Gasteiger partial charge in [0.15, 0.2) is 0 Å². The Morgan fingerprint density at radius 3 is 2.42 bits per heavy atom. The van der Waals surface area contributed by atoms with Crippen LogP contribution in [0.3, 0.4) is 0 Å². The zero-order valence-electron chi connectivity index (χ0n) is 8.43. The summed E-state index contributed by atoms with van der Waals surface area (Å²) in [5.74, 6) is 0.770. The summed E-state index contributed by atoms with van der Waals surface area (Å²) in [6.45, 7) is 6.97. The van der Waals surface area contributed by atoms with Crippen LogP contribution in [0.1, 0.15) is 46.5 Å². The van der Waals surface area contributed by atoms with E-state index in [0.29, 0.717) is 5.41 Å². The van der Waals surface area contributed by atoms with E-state index in [-0.39, 0.29) is 11.5 Å². The van der Waals surface area contributed by atoms with Crippen LogP contribution >= 0.6 is 0 Å². The summed E-state index contributed by atoms with van der Waals surface area (Å²) in [5, 5.41) is 9.89. The fourth-order valence-corrected chi connectivity index (χ4v) is 3.01. The molecule has 1 heteroatoms. The van der Waals surface area contributed by atoms with Gasteiger partial charge in [0.05, 0.1) is 6.10 Å². The summed E-state index contributed by atoms with van der Waals surface area (Å²) in [6.07, 6.45) is 4.79. The molecule has 0 heterocycles. The van der Waals surface area contributed by atoms with E-state index in [0.717, 1.165) is 12.3 Å². The van der Waals surface area contributed by atoms with E-state index < -0.39 is 0 Å². The molecule has 1 nitrogen and oxygen atoms in total. The van der Waals surface area contributed by atoms with E-state index in [1.165, 1.54) is 19.3 Å². The molecule has 2 aliphatic carbocycles. The van der Waals surface area contributed by atoms with Gasteiger partial charge in [0, 0.05) is 0 Å². The Hall–Kier alpha value is -0.0400. The van der Waals surface area contributed by atoms with Gasteiger partial charge >= 0.3 is 0 Å². The molecule has 2 bridgehead atoms. The Morgan fingerprint density at radius 2 is 1.83 bits per heavy atom. The van der Waals surface area contributed by atoms with Crippen molar-refractivity contribution in [2.24, 2.45) is 16.7 Å². The second-order valence-electron chi connectivity index (χ2n) is 5.80. The van der Waals surface area contributed by atoms with Crippen LogP contribution < -0.4 is 0 Å². The predicted octanol–water partition coefficient (Wildman–Crippen LogP) is 2.58. The molecule has 0 aromatic rings. The molecular weight excluding hydrogens is 148 g/mol. The molecule has 0 amide bonds.